The molecule has 1 fully saturated rings. The van der Waals surface area contributed by atoms with Gasteiger partial charge in [-0.2, -0.15) is 0 Å². The summed E-state index contributed by atoms with van der Waals surface area (Å²) in [5.41, 5.74) is 5.51. The molecule has 0 bridgehead atoms. The van der Waals surface area contributed by atoms with Gasteiger partial charge < -0.3 is 14.2 Å². The van der Waals surface area contributed by atoms with Gasteiger partial charge in [0, 0.05) is 23.6 Å². The zero-order valence-electron chi connectivity index (χ0n) is 27.7. The molecule has 1 N–H and O–H groups in total. The lowest BCUT2D eigenvalue weighted by Crippen LogP contribution is -2.30. The van der Waals surface area contributed by atoms with Crippen LogP contribution < -0.4 is 14.4 Å². The lowest BCUT2D eigenvalue weighted by molar-refractivity contribution is -0.274. The summed E-state index contributed by atoms with van der Waals surface area (Å²) in [7, 11) is -2.40. The summed E-state index contributed by atoms with van der Waals surface area (Å²) in [4.78, 5) is 34.0. The number of alkyl halides is 3. The van der Waals surface area contributed by atoms with Crippen LogP contribution in [0.2, 0.25) is 0 Å². The van der Waals surface area contributed by atoms with Crippen molar-refractivity contribution >= 4 is 60.0 Å². The van der Waals surface area contributed by atoms with E-state index < -0.39 is 22.3 Å². The topological polar surface area (TPSA) is 111 Å². The molecule has 6 aromatic rings. The molecule has 9 nitrogen and oxygen atoms in total. The first-order valence-corrected chi connectivity index (χ1v) is 19.0. The Morgan fingerprint density at radius 3 is 2.48 bits per heavy atom. The number of amides is 2. The van der Waals surface area contributed by atoms with Crippen LogP contribution in [-0.4, -0.2) is 43.2 Å². The Kier molecular flexibility index (Phi) is 8.33. The van der Waals surface area contributed by atoms with Crippen LogP contribution in [0.1, 0.15) is 53.3 Å². The van der Waals surface area contributed by atoms with Crippen LogP contribution in [0.4, 0.5) is 18.9 Å². The summed E-state index contributed by atoms with van der Waals surface area (Å²) in [5, 5.41) is 0.693. The van der Waals surface area contributed by atoms with E-state index >= 15 is 0 Å². The summed E-state index contributed by atoms with van der Waals surface area (Å²) in [5.74, 6) is -1.14. The SMILES string of the molecule is CN1C(=O)Cn2c(c(C3CCCCC3)c3sc(C(=O)NS(=O)(=O)c4ccccc4)cc32)-c2ccc3nc(-c4cccc(OC(F)(F)F)c4)ccc3c21. The van der Waals surface area contributed by atoms with Gasteiger partial charge in [-0.05, 0) is 78.9 Å². The van der Waals surface area contributed by atoms with Crippen LogP contribution in [0.25, 0.3) is 43.6 Å². The van der Waals surface area contributed by atoms with Gasteiger partial charge in [0.05, 0.1) is 42.6 Å². The van der Waals surface area contributed by atoms with E-state index in [2.05, 4.69) is 9.46 Å². The Balaban J connectivity index is 1.26. The van der Waals surface area contributed by atoms with Gasteiger partial charge in [0.1, 0.15) is 12.3 Å². The van der Waals surface area contributed by atoms with Crippen molar-refractivity contribution in [2.45, 2.75) is 55.8 Å². The van der Waals surface area contributed by atoms with Crippen LogP contribution in [0.15, 0.2) is 89.8 Å². The van der Waals surface area contributed by atoms with Crippen LogP contribution >= 0.6 is 11.3 Å². The van der Waals surface area contributed by atoms with Gasteiger partial charge in [-0.3, -0.25) is 9.59 Å². The zero-order chi connectivity index (χ0) is 36.4. The number of hydrogen-bond donors (Lipinski definition) is 1. The minimum atomic E-state index is -4.83. The van der Waals surface area contributed by atoms with Gasteiger partial charge in [-0.25, -0.2) is 18.1 Å². The number of sulfonamides is 1. The maximum atomic E-state index is 14.0. The molecule has 4 heterocycles. The third kappa shape index (κ3) is 6.09. The fourth-order valence-corrected chi connectivity index (χ4v) is 9.67. The van der Waals surface area contributed by atoms with Crippen molar-refractivity contribution in [2.75, 3.05) is 11.9 Å². The Morgan fingerprint density at radius 1 is 0.962 bits per heavy atom. The summed E-state index contributed by atoms with van der Waals surface area (Å²) in [6.07, 6.45) is 0.230. The normalized spacial score (nSPS) is 15.4. The number of carbonyl (C=O) groups is 2. The molecular formula is C38H31F3N4O5S2. The molecule has 0 unspecified atom stereocenters. The number of nitrogens with one attached hydrogen (secondary N) is 1. The van der Waals surface area contributed by atoms with Crippen molar-refractivity contribution in [2.24, 2.45) is 0 Å². The van der Waals surface area contributed by atoms with Gasteiger partial charge >= 0.3 is 6.36 Å². The summed E-state index contributed by atoms with van der Waals surface area (Å²) >= 11 is 1.23. The molecule has 266 valence electrons. The summed E-state index contributed by atoms with van der Waals surface area (Å²) in [6, 6.07) is 22.3. The van der Waals surface area contributed by atoms with Crippen molar-refractivity contribution in [1.29, 1.82) is 0 Å². The van der Waals surface area contributed by atoms with Crippen LogP contribution in [0, 0.1) is 0 Å². The summed E-state index contributed by atoms with van der Waals surface area (Å²) in [6.45, 7) is -0.0111. The number of likely N-dealkylation sites (N-methyl/N-ethyl adjacent to an activating group) is 1. The number of hydrogen-bond acceptors (Lipinski definition) is 7. The highest BCUT2D eigenvalue weighted by atomic mass is 32.2. The molecule has 2 amide bonds. The molecule has 14 heteroatoms. The number of thiophene rings is 1. The standard InChI is InChI=1S/C38H31F3N4O5S2/c1-44-32(46)21-45-30-20-31(37(47)43-52(48,49)25-13-6-3-7-14-25)51-36(30)33(22-9-4-2-5-10-22)35(45)27-16-18-29-26(34(27)44)15-17-28(42-29)23-11-8-12-24(19-23)50-38(39,40)41/h3,6-8,11-20,22H,2,4-5,9-10,21H2,1H3,(H,43,47). The van der Waals surface area contributed by atoms with Crippen molar-refractivity contribution < 1.29 is 35.9 Å². The molecule has 0 spiro atoms. The predicted molar refractivity (Wildman–Crippen MR) is 193 cm³/mol. The predicted octanol–water partition coefficient (Wildman–Crippen LogP) is 8.63. The largest absolute Gasteiger partial charge is 0.573 e. The number of benzene rings is 3. The second-order valence-electron chi connectivity index (χ2n) is 13.0. The number of pyridine rings is 1. The highest BCUT2D eigenvalue weighted by molar-refractivity contribution is 7.90. The zero-order valence-corrected chi connectivity index (χ0v) is 29.4. The smallest absolute Gasteiger partial charge is 0.406 e. The fraction of sp³-hybridized carbons (Fsp3) is 0.237. The third-order valence-electron chi connectivity index (χ3n) is 9.75. The Hall–Kier alpha value is -5.21. The average molecular weight is 745 g/mol. The highest BCUT2D eigenvalue weighted by Crippen LogP contribution is 2.50. The molecule has 0 radical (unpaired) electrons. The molecule has 0 atom stereocenters. The van der Waals surface area contributed by atoms with E-state index in [9.17, 15) is 31.2 Å². The maximum Gasteiger partial charge on any atom is 0.573 e. The van der Waals surface area contributed by atoms with E-state index in [-0.39, 0.29) is 33.9 Å². The first kappa shape index (κ1) is 33.9. The van der Waals surface area contributed by atoms with Crippen LogP contribution in [-0.2, 0) is 21.4 Å². The first-order chi connectivity index (χ1) is 24.9. The van der Waals surface area contributed by atoms with Crippen LogP contribution in [0.3, 0.4) is 0 Å². The number of aromatic nitrogens is 2. The minimum absolute atomic E-state index is 0.0111. The van der Waals surface area contributed by atoms with E-state index in [1.54, 1.807) is 48.3 Å². The minimum Gasteiger partial charge on any atom is -0.406 e. The van der Waals surface area contributed by atoms with Crippen molar-refractivity contribution in [3.8, 4) is 28.3 Å². The van der Waals surface area contributed by atoms with Gasteiger partial charge in [0.25, 0.3) is 15.9 Å². The highest BCUT2D eigenvalue weighted by Gasteiger charge is 2.35. The lowest BCUT2D eigenvalue weighted by atomic mass is 9.82. The van der Waals surface area contributed by atoms with Crippen molar-refractivity contribution in [3.63, 3.8) is 0 Å². The fourth-order valence-electron chi connectivity index (χ4n) is 7.44. The molecule has 2 aliphatic rings. The van der Waals surface area contributed by atoms with Gasteiger partial charge in [0.2, 0.25) is 5.91 Å². The van der Waals surface area contributed by atoms with Gasteiger partial charge in [0.15, 0.2) is 0 Å². The number of fused-ring (bicyclic) bond motifs is 7. The molecule has 3 aromatic heterocycles. The van der Waals surface area contributed by atoms with E-state index in [1.807, 2.05) is 22.8 Å². The Bertz CT molecular complexity index is 2510. The number of nitrogens with zero attached hydrogens (tertiary/aromatic N) is 3. The monoisotopic (exact) mass is 744 g/mol. The Morgan fingerprint density at radius 2 is 1.73 bits per heavy atom. The van der Waals surface area contributed by atoms with Crippen LogP contribution in [0.5, 0.6) is 5.75 Å². The van der Waals surface area contributed by atoms with Gasteiger partial charge in [-0.1, -0.05) is 49.6 Å². The second kappa shape index (κ2) is 12.8. The Labute approximate surface area is 300 Å². The molecule has 0 saturated heterocycles. The molecule has 1 aliphatic carbocycles. The molecule has 1 aliphatic heterocycles. The average Bonchev–Trinajstić information content (AvgIpc) is 3.65. The van der Waals surface area contributed by atoms with Crippen molar-refractivity contribution in [1.82, 2.24) is 14.3 Å². The molecule has 1 saturated carbocycles. The molecular weight excluding hydrogens is 714 g/mol. The quantitative estimate of drug-likeness (QED) is 0.183. The molecule has 8 rings (SSSR count). The lowest BCUT2D eigenvalue weighted by Gasteiger charge is -2.24. The van der Waals surface area contributed by atoms with E-state index in [4.69, 9.17) is 4.98 Å². The summed E-state index contributed by atoms with van der Waals surface area (Å²) < 4.78 is 73.9. The van der Waals surface area contributed by atoms with E-state index in [0.29, 0.717) is 33.4 Å². The third-order valence-corrected chi connectivity index (χ3v) is 12.3. The maximum absolute atomic E-state index is 14.0. The number of carbonyl (C=O) groups excluding carboxylic acids is 2. The van der Waals surface area contributed by atoms with E-state index in [1.165, 1.54) is 41.7 Å². The second-order valence-corrected chi connectivity index (χ2v) is 15.7. The number of ether oxygens (including phenoxy) is 1. The van der Waals surface area contributed by atoms with Gasteiger partial charge in [-0.15, -0.1) is 24.5 Å². The van der Waals surface area contributed by atoms with E-state index in [0.717, 1.165) is 53.6 Å². The number of anilines is 1. The number of rotatable bonds is 6. The molecule has 3 aromatic carbocycles. The van der Waals surface area contributed by atoms with Crippen molar-refractivity contribution in [3.05, 3.63) is 95.4 Å². The molecule has 52 heavy (non-hydrogen) atoms. The number of halogens is 3. The first-order valence-electron chi connectivity index (χ1n) is 16.7.